The highest BCUT2D eigenvalue weighted by atomic mass is 16.1. The zero-order valence-electron chi connectivity index (χ0n) is 18.0. The van der Waals surface area contributed by atoms with Crippen LogP contribution in [0.4, 0.5) is 11.4 Å². The summed E-state index contributed by atoms with van der Waals surface area (Å²) >= 11 is 0. The number of piperazine rings is 1. The Kier molecular flexibility index (Phi) is 5.52. The molecule has 1 aliphatic rings. The van der Waals surface area contributed by atoms with Gasteiger partial charge >= 0.3 is 0 Å². The van der Waals surface area contributed by atoms with Gasteiger partial charge in [-0.1, -0.05) is 18.2 Å². The Balaban J connectivity index is 1.41. The summed E-state index contributed by atoms with van der Waals surface area (Å²) in [5, 5.41) is 3.88. The molecule has 0 bridgehead atoms. The number of likely N-dealkylation sites (N-methyl/N-ethyl adjacent to an activating group) is 1. The minimum absolute atomic E-state index is 0.152. The fourth-order valence-electron chi connectivity index (χ4n) is 4.04. The molecule has 2 aromatic heterocycles. The molecule has 1 fully saturated rings. The normalized spacial score (nSPS) is 14.5. The zero-order valence-corrected chi connectivity index (χ0v) is 18.0. The number of fused-ring (bicyclic) bond motifs is 1. The molecule has 2 aromatic carbocycles. The molecule has 0 spiro atoms. The van der Waals surface area contributed by atoms with Crippen LogP contribution in [0, 0.1) is 0 Å². The number of hydrogen-bond acceptors (Lipinski definition) is 5. The van der Waals surface area contributed by atoms with Gasteiger partial charge in [0.05, 0.1) is 16.8 Å². The van der Waals surface area contributed by atoms with Crippen molar-refractivity contribution in [1.82, 2.24) is 14.9 Å². The van der Waals surface area contributed by atoms with E-state index < -0.39 is 0 Å². The number of aromatic nitrogens is 2. The van der Waals surface area contributed by atoms with Crippen molar-refractivity contribution >= 4 is 28.2 Å². The molecule has 5 rings (SSSR count). The van der Waals surface area contributed by atoms with E-state index >= 15 is 0 Å². The molecule has 0 atom stereocenters. The number of nitrogens with zero attached hydrogens (tertiary/aromatic N) is 4. The van der Waals surface area contributed by atoms with Crippen molar-refractivity contribution in [3.8, 4) is 11.3 Å². The Morgan fingerprint density at radius 3 is 2.47 bits per heavy atom. The van der Waals surface area contributed by atoms with Crippen LogP contribution in [0.3, 0.4) is 0 Å². The molecule has 6 heteroatoms. The molecule has 1 N–H and O–H groups in total. The van der Waals surface area contributed by atoms with Crippen LogP contribution in [-0.2, 0) is 0 Å². The number of carbonyl (C=O) groups is 1. The van der Waals surface area contributed by atoms with Crippen LogP contribution in [0.1, 0.15) is 10.4 Å². The van der Waals surface area contributed by atoms with Gasteiger partial charge in [0, 0.05) is 60.9 Å². The Bertz CT molecular complexity index is 1230. The average molecular weight is 424 g/mol. The molecular weight excluding hydrogens is 398 g/mol. The number of benzene rings is 2. The summed E-state index contributed by atoms with van der Waals surface area (Å²) in [5.41, 5.74) is 4.94. The lowest BCUT2D eigenvalue weighted by atomic mass is 10.0. The molecule has 1 saturated heterocycles. The van der Waals surface area contributed by atoms with E-state index in [1.165, 1.54) is 5.69 Å². The maximum absolute atomic E-state index is 13.3. The van der Waals surface area contributed by atoms with Gasteiger partial charge in [0.25, 0.3) is 5.91 Å². The maximum atomic E-state index is 13.3. The van der Waals surface area contributed by atoms with Gasteiger partial charge in [-0.15, -0.1) is 0 Å². The second kappa shape index (κ2) is 8.77. The second-order valence-electron chi connectivity index (χ2n) is 8.11. The highest BCUT2D eigenvalue weighted by Gasteiger charge is 2.16. The van der Waals surface area contributed by atoms with Gasteiger partial charge in [0.15, 0.2) is 0 Å². The zero-order chi connectivity index (χ0) is 21.9. The van der Waals surface area contributed by atoms with Crippen molar-refractivity contribution in [2.45, 2.75) is 0 Å². The van der Waals surface area contributed by atoms with Gasteiger partial charge in [-0.25, -0.2) is 4.98 Å². The Morgan fingerprint density at radius 1 is 0.938 bits per heavy atom. The topological polar surface area (TPSA) is 61.4 Å². The van der Waals surface area contributed by atoms with Crippen LogP contribution in [0.15, 0.2) is 79.1 Å². The second-order valence-corrected chi connectivity index (χ2v) is 8.11. The van der Waals surface area contributed by atoms with E-state index in [0.29, 0.717) is 5.56 Å². The number of pyridine rings is 2. The molecular formula is C26H25N5O. The van der Waals surface area contributed by atoms with E-state index in [1.54, 1.807) is 12.4 Å². The summed E-state index contributed by atoms with van der Waals surface area (Å²) in [5.74, 6) is -0.152. The van der Waals surface area contributed by atoms with Crippen molar-refractivity contribution in [2.24, 2.45) is 0 Å². The van der Waals surface area contributed by atoms with Gasteiger partial charge in [-0.05, 0) is 55.6 Å². The van der Waals surface area contributed by atoms with E-state index in [-0.39, 0.29) is 5.91 Å². The predicted molar refractivity (Wildman–Crippen MR) is 129 cm³/mol. The van der Waals surface area contributed by atoms with Crippen LogP contribution in [0.5, 0.6) is 0 Å². The number of para-hydroxylation sites is 1. The molecule has 1 amide bonds. The molecule has 4 aromatic rings. The van der Waals surface area contributed by atoms with E-state index in [4.69, 9.17) is 4.98 Å². The third-order valence-electron chi connectivity index (χ3n) is 5.91. The van der Waals surface area contributed by atoms with Crippen molar-refractivity contribution < 1.29 is 4.79 Å². The first kappa shape index (κ1) is 20.2. The number of rotatable bonds is 4. The summed E-state index contributed by atoms with van der Waals surface area (Å²) in [6, 6.07) is 21.5. The van der Waals surface area contributed by atoms with Crippen molar-refractivity contribution in [1.29, 1.82) is 0 Å². The van der Waals surface area contributed by atoms with Gasteiger partial charge in [0.1, 0.15) is 0 Å². The lowest BCUT2D eigenvalue weighted by molar-refractivity contribution is 0.102. The van der Waals surface area contributed by atoms with Crippen LogP contribution in [0.25, 0.3) is 22.2 Å². The highest BCUT2D eigenvalue weighted by Crippen LogP contribution is 2.26. The van der Waals surface area contributed by atoms with Crippen molar-refractivity contribution in [3.63, 3.8) is 0 Å². The fourth-order valence-corrected chi connectivity index (χ4v) is 4.04. The molecule has 0 radical (unpaired) electrons. The van der Waals surface area contributed by atoms with E-state index in [1.807, 2.05) is 54.6 Å². The van der Waals surface area contributed by atoms with Crippen LogP contribution in [-0.4, -0.2) is 54.0 Å². The summed E-state index contributed by atoms with van der Waals surface area (Å²) < 4.78 is 0. The van der Waals surface area contributed by atoms with Crippen LogP contribution < -0.4 is 10.2 Å². The third-order valence-corrected chi connectivity index (χ3v) is 5.91. The number of carbonyl (C=O) groups excluding carboxylic acids is 1. The first-order valence-electron chi connectivity index (χ1n) is 10.8. The number of nitrogens with one attached hydrogen (secondary N) is 1. The van der Waals surface area contributed by atoms with Gasteiger partial charge in [-0.2, -0.15) is 0 Å². The summed E-state index contributed by atoms with van der Waals surface area (Å²) in [6.45, 7) is 4.16. The minimum atomic E-state index is -0.152. The summed E-state index contributed by atoms with van der Waals surface area (Å²) in [6.07, 6.45) is 3.49. The Labute approximate surface area is 187 Å². The molecule has 1 aliphatic heterocycles. The molecule has 0 saturated carbocycles. The lowest BCUT2D eigenvalue weighted by Gasteiger charge is -2.34. The molecule has 3 heterocycles. The molecule has 0 aliphatic carbocycles. The number of hydrogen-bond donors (Lipinski definition) is 1. The van der Waals surface area contributed by atoms with E-state index in [2.05, 4.69) is 39.3 Å². The van der Waals surface area contributed by atoms with Gasteiger partial charge in [-0.3, -0.25) is 9.78 Å². The first-order chi connectivity index (χ1) is 15.7. The summed E-state index contributed by atoms with van der Waals surface area (Å²) in [7, 11) is 2.15. The molecule has 0 unspecified atom stereocenters. The average Bonchev–Trinajstić information content (AvgIpc) is 2.85. The quantitative estimate of drug-likeness (QED) is 0.530. The standard InChI is InChI=1S/C26H25N5O/c1-30-13-15-31(16-14-30)21-10-8-20(9-11-21)28-26(32)23-17-25(19-5-4-12-27-18-19)29-24-7-3-2-6-22(23)24/h2-12,17-18H,13-16H2,1H3,(H,28,32). The SMILES string of the molecule is CN1CCN(c2ccc(NC(=O)c3cc(-c4cccnc4)nc4ccccc34)cc2)CC1. The van der Waals surface area contributed by atoms with Crippen molar-refractivity contribution in [3.05, 3.63) is 84.7 Å². The highest BCUT2D eigenvalue weighted by molar-refractivity contribution is 6.13. The van der Waals surface area contributed by atoms with Crippen LogP contribution >= 0.6 is 0 Å². The van der Waals surface area contributed by atoms with E-state index in [9.17, 15) is 4.79 Å². The Morgan fingerprint density at radius 2 is 1.72 bits per heavy atom. The van der Waals surface area contributed by atoms with Crippen LogP contribution in [0.2, 0.25) is 0 Å². The molecule has 160 valence electrons. The maximum Gasteiger partial charge on any atom is 0.256 e. The number of anilines is 2. The van der Waals surface area contributed by atoms with Crippen molar-refractivity contribution in [2.75, 3.05) is 43.4 Å². The first-order valence-corrected chi connectivity index (χ1v) is 10.8. The van der Waals surface area contributed by atoms with E-state index in [0.717, 1.165) is 54.0 Å². The molecule has 6 nitrogen and oxygen atoms in total. The minimum Gasteiger partial charge on any atom is -0.369 e. The monoisotopic (exact) mass is 423 g/mol. The van der Waals surface area contributed by atoms with Gasteiger partial charge in [0.2, 0.25) is 0 Å². The lowest BCUT2D eigenvalue weighted by Crippen LogP contribution is -2.44. The fraction of sp³-hybridized carbons (Fsp3) is 0.192. The number of amides is 1. The third kappa shape index (κ3) is 4.18. The Hall–Kier alpha value is -3.77. The predicted octanol–water partition coefficient (Wildman–Crippen LogP) is 4.30. The van der Waals surface area contributed by atoms with Gasteiger partial charge < -0.3 is 15.1 Å². The summed E-state index contributed by atoms with van der Waals surface area (Å²) in [4.78, 5) is 26.9. The molecule has 32 heavy (non-hydrogen) atoms. The largest absolute Gasteiger partial charge is 0.369 e. The smallest absolute Gasteiger partial charge is 0.256 e.